The lowest BCUT2D eigenvalue weighted by Crippen LogP contribution is -2.22. The third-order valence-corrected chi connectivity index (χ3v) is 3.98. The molecule has 2 rings (SSSR count). The van der Waals surface area contributed by atoms with Gasteiger partial charge in [0.2, 0.25) is 0 Å². The van der Waals surface area contributed by atoms with Crippen molar-refractivity contribution in [3.05, 3.63) is 62.6 Å². The number of nitro benzene ring substituents is 1. The molecule has 0 fully saturated rings. The third kappa shape index (κ3) is 6.19. The number of nitrogens with one attached hydrogen (secondary N) is 1. The molecule has 0 spiro atoms. The highest BCUT2D eigenvalue weighted by Gasteiger charge is 2.31. The Morgan fingerprint density at radius 3 is 2.42 bits per heavy atom. The third-order valence-electron chi connectivity index (χ3n) is 3.32. The van der Waals surface area contributed by atoms with Crippen molar-refractivity contribution in [3.8, 4) is 5.75 Å². The molecule has 0 saturated carbocycles. The summed E-state index contributed by atoms with van der Waals surface area (Å²) in [6.07, 6.45) is -5.30. The van der Waals surface area contributed by atoms with Gasteiger partial charge in [-0.15, -0.1) is 13.2 Å². The fourth-order valence-corrected chi connectivity index (χ4v) is 2.66. The lowest BCUT2D eigenvalue weighted by atomic mass is 10.1. The average molecular weight is 435 g/mol. The molecule has 0 aliphatic heterocycles. The summed E-state index contributed by atoms with van der Waals surface area (Å²) in [5.41, 5.74) is 1.17. The van der Waals surface area contributed by atoms with Crippen LogP contribution in [0.4, 0.5) is 24.5 Å². The Kier molecular flexibility index (Phi) is 6.43. The lowest BCUT2D eigenvalue weighted by Gasteiger charge is -2.15. The van der Waals surface area contributed by atoms with Crippen LogP contribution in [0.5, 0.6) is 5.75 Å². The van der Waals surface area contributed by atoms with Gasteiger partial charge in [0, 0.05) is 35.3 Å². The fourth-order valence-electron chi connectivity index (χ4n) is 2.16. The summed E-state index contributed by atoms with van der Waals surface area (Å²) < 4.78 is 40.7. The summed E-state index contributed by atoms with van der Waals surface area (Å²) in [6, 6.07) is 9.53. The normalized spacial score (nSPS) is 12.5. The smallest absolute Gasteiger partial charge is 0.406 e. The van der Waals surface area contributed by atoms with E-state index in [2.05, 4.69) is 26.0 Å². The van der Waals surface area contributed by atoms with E-state index in [-0.39, 0.29) is 24.4 Å². The van der Waals surface area contributed by atoms with Gasteiger partial charge in [0.1, 0.15) is 5.75 Å². The van der Waals surface area contributed by atoms with Crippen LogP contribution in [0.15, 0.2) is 46.9 Å². The van der Waals surface area contributed by atoms with E-state index in [0.717, 1.165) is 11.6 Å². The maximum Gasteiger partial charge on any atom is 0.573 e. The highest BCUT2D eigenvalue weighted by molar-refractivity contribution is 9.10. The number of non-ortho nitro benzene ring substituents is 1. The SMILES string of the molecule is O=[N+]([O-])c1ccc(CC(O)CNc2ccc(OC(F)(F)F)cc2Br)cc1. The Morgan fingerprint density at radius 2 is 1.88 bits per heavy atom. The Labute approximate surface area is 154 Å². The molecule has 6 nitrogen and oxygen atoms in total. The molecule has 0 radical (unpaired) electrons. The van der Waals surface area contributed by atoms with Gasteiger partial charge >= 0.3 is 6.36 Å². The minimum atomic E-state index is -4.77. The predicted octanol–water partition coefficient (Wildman–Crippen LogP) is 4.27. The number of hydrogen-bond acceptors (Lipinski definition) is 5. The summed E-state index contributed by atoms with van der Waals surface area (Å²) in [7, 11) is 0. The van der Waals surface area contributed by atoms with Crippen LogP contribution in [0.2, 0.25) is 0 Å². The molecule has 2 aromatic rings. The Hall–Kier alpha value is -2.33. The van der Waals surface area contributed by atoms with Crippen LogP contribution in [0.25, 0.3) is 0 Å². The number of alkyl halides is 3. The molecule has 0 bridgehead atoms. The zero-order valence-corrected chi connectivity index (χ0v) is 14.8. The molecular formula is C16H14BrF3N2O4. The monoisotopic (exact) mass is 434 g/mol. The standard InChI is InChI=1S/C16H14BrF3N2O4/c17-14-8-13(26-16(18,19)20)5-6-15(14)21-9-12(23)7-10-1-3-11(4-2-10)22(24)25/h1-6,8,12,21,23H,7,9H2. The second-order valence-electron chi connectivity index (χ2n) is 5.35. The van der Waals surface area contributed by atoms with E-state index in [1.165, 1.54) is 24.3 Å². The molecule has 0 aliphatic carbocycles. The van der Waals surface area contributed by atoms with E-state index in [0.29, 0.717) is 10.2 Å². The van der Waals surface area contributed by atoms with Crippen molar-refractivity contribution in [3.63, 3.8) is 0 Å². The van der Waals surface area contributed by atoms with Gasteiger partial charge in [-0.3, -0.25) is 10.1 Å². The summed E-state index contributed by atoms with van der Waals surface area (Å²) in [6.45, 7) is 0.134. The molecule has 0 heterocycles. The van der Waals surface area contributed by atoms with E-state index >= 15 is 0 Å². The van der Waals surface area contributed by atoms with Gasteiger partial charge in [-0.25, -0.2) is 0 Å². The maximum atomic E-state index is 12.2. The van der Waals surface area contributed by atoms with Crippen LogP contribution in [0.1, 0.15) is 5.56 Å². The minimum Gasteiger partial charge on any atom is -0.406 e. The number of rotatable bonds is 7. The molecule has 0 saturated heterocycles. The number of hydrogen-bond donors (Lipinski definition) is 2. The van der Waals surface area contributed by atoms with Gasteiger partial charge in [-0.05, 0) is 39.7 Å². The Balaban J connectivity index is 1.90. The molecule has 0 aromatic heterocycles. The van der Waals surface area contributed by atoms with Gasteiger partial charge < -0.3 is 15.2 Å². The largest absolute Gasteiger partial charge is 0.573 e. The first-order chi connectivity index (χ1) is 12.1. The summed E-state index contributed by atoms with van der Waals surface area (Å²) in [4.78, 5) is 10.1. The van der Waals surface area contributed by atoms with Crippen LogP contribution in [0, 0.1) is 10.1 Å². The molecule has 26 heavy (non-hydrogen) atoms. The quantitative estimate of drug-likeness (QED) is 0.501. The zero-order valence-electron chi connectivity index (χ0n) is 13.2. The first-order valence-corrected chi connectivity index (χ1v) is 8.14. The maximum absolute atomic E-state index is 12.2. The van der Waals surface area contributed by atoms with E-state index in [9.17, 15) is 28.4 Å². The van der Waals surface area contributed by atoms with Gasteiger partial charge in [0.25, 0.3) is 5.69 Å². The molecule has 10 heteroatoms. The minimum absolute atomic E-state index is 0.0357. The van der Waals surface area contributed by atoms with E-state index < -0.39 is 17.4 Å². The topological polar surface area (TPSA) is 84.6 Å². The van der Waals surface area contributed by atoms with Crippen molar-refractivity contribution in [2.75, 3.05) is 11.9 Å². The molecule has 0 aliphatic rings. The number of anilines is 1. The number of halogens is 4. The van der Waals surface area contributed by atoms with Gasteiger partial charge in [0.15, 0.2) is 0 Å². The number of aliphatic hydroxyl groups is 1. The van der Waals surface area contributed by atoms with Crippen LogP contribution in [-0.2, 0) is 6.42 Å². The second kappa shape index (κ2) is 8.37. The number of ether oxygens (including phenoxy) is 1. The second-order valence-corrected chi connectivity index (χ2v) is 6.21. The van der Waals surface area contributed by atoms with Gasteiger partial charge in [-0.2, -0.15) is 0 Å². The van der Waals surface area contributed by atoms with Crippen LogP contribution >= 0.6 is 15.9 Å². The van der Waals surface area contributed by atoms with Gasteiger partial charge in [0.05, 0.1) is 11.0 Å². The highest BCUT2D eigenvalue weighted by atomic mass is 79.9. The molecule has 1 unspecified atom stereocenters. The first kappa shape index (κ1) is 20.0. The van der Waals surface area contributed by atoms with E-state index in [4.69, 9.17) is 0 Å². The molecule has 2 aromatic carbocycles. The molecule has 140 valence electrons. The Morgan fingerprint density at radius 1 is 1.23 bits per heavy atom. The van der Waals surface area contributed by atoms with Crippen molar-refractivity contribution in [2.45, 2.75) is 18.9 Å². The molecular weight excluding hydrogens is 421 g/mol. The van der Waals surface area contributed by atoms with Crippen molar-refractivity contribution >= 4 is 27.3 Å². The van der Waals surface area contributed by atoms with Crippen LogP contribution < -0.4 is 10.1 Å². The van der Waals surface area contributed by atoms with Crippen LogP contribution in [-0.4, -0.2) is 29.0 Å². The summed E-state index contributed by atoms with van der Waals surface area (Å²) in [5.74, 6) is -0.360. The van der Waals surface area contributed by atoms with Crippen molar-refractivity contribution < 1.29 is 27.9 Å². The first-order valence-electron chi connectivity index (χ1n) is 7.34. The average Bonchev–Trinajstić information content (AvgIpc) is 2.53. The summed E-state index contributed by atoms with van der Waals surface area (Å²) >= 11 is 3.14. The van der Waals surface area contributed by atoms with Crippen molar-refractivity contribution in [1.29, 1.82) is 0 Å². The fraction of sp³-hybridized carbons (Fsp3) is 0.250. The number of nitrogens with zero attached hydrogens (tertiary/aromatic N) is 1. The van der Waals surface area contributed by atoms with Gasteiger partial charge in [-0.1, -0.05) is 12.1 Å². The Bertz CT molecular complexity index is 769. The lowest BCUT2D eigenvalue weighted by molar-refractivity contribution is -0.384. The number of nitro groups is 1. The van der Waals surface area contributed by atoms with E-state index in [1.807, 2.05) is 0 Å². The number of benzene rings is 2. The predicted molar refractivity (Wildman–Crippen MR) is 92.1 cm³/mol. The van der Waals surface area contributed by atoms with Crippen molar-refractivity contribution in [1.82, 2.24) is 0 Å². The molecule has 0 amide bonds. The van der Waals surface area contributed by atoms with Crippen LogP contribution in [0.3, 0.4) is 0 Å². The van der Waals surface area contributed by atoms with Crippen molar-refractivity contribution in [2.24, 2.45) is 0 Å². The van der Waals surface area contributed by atoms with E-state index in [1.54, 1.807) is 12.1 Å². The molecule has 1 atom stereocenters. The summed E-state index contributed by atoms with van der Waals surface area (Å²) in [5, 5.41) is 23.6. The zero-order chi connectivity index (χ0) is 19.3. The molecule has 2 N–H and O–H groups in total. The highest BCUT2D eigenvalue weighted by Crippen LogP contribution is 2.30. The number of aliphatic hydroxyl groups excluding tert-OH is 1.